The summed E-state index contributed by atoms with van der Waals surface area (Å²) in [6.07, 6.45) is 0.737. The fraction of sp³-hybridized carbons (Fsp3) is 0.280. The summed E-state index contributed by atoms with van der Waals surface area (Å²) >= 11 is 0. The van der Waals surface area contributed by atoms with Gasteiger partial charge < -0.3 is 19.4 Å². The van der Waals surface area contributed by atoms with Crippen LogP contribution >= 0.6 is 0 Å². The highest BCUT2D eigenvalue weighted by Gasteiger charge is 2.15. The molecule has 162 valence electrons. The van der Waals surface area contributed by atoms with Crippen LogP contribution in [0.15, 0.2) is 59.0 Å². The third-order valence-electron chi connectivity index (χ3n) is 5.17. The van der Waals surface area contributed by atoms with E-state index in [-0.39, 0.29) is 24.8 Å². The first-order chi connectivity index (χ1) is 14.9. The molecule has 0 aliphatic carbocycles. The number of aryl methyl sites for hydroxylation is 3. The molecular formula is C25H28N2O4. The molecule has 6 heteroatoms. The second-order valence-electron chi connectivity index (χ2n) is 7.56. The molecule has 0 aliphatic rings. The second-order valence-corrected chi connectivity index (χ2v) is 7.56. The fourth-order valence-electron chi connectivity index (χ4n) is 3.34. The zero-order valence-corrected chi connectivity index (χ0v) is 18.4. The number of nitrogens with one attached hydrogen (secondary N) is 1. The molecule has 0 bridgehead atoms. The number of methoxy groups -OCH3 is 1. The lowest BCUT2D eigenvalue weighted by atomic mass is 10.1. The van der Waals surface area contributed by atoms with Gasteiger partial charge in [0.15, 0.2) is 0 Å². The molecule has 0 unspecified atom stereocenters. The van der Waals surface area contributed by atoms with Crippen molar-refractivity contribution < 1.29 is 18.7 Å². The molecule has 0 saturated carbocycles. The highest BCUT2D eigenvalue weighted by atomic mass is 16.5. The van der Waals surface area contributed by atoms with Gasteiger partial charge in [-0.2, -0.15) is 0 Å². The Morgan fingerprint density at radius 1 is 1.00 bits per heavy atom. The molecule has 0 radical (unpaired) electrons. The minimum Gasteiger partial charge on any atom is -0.497 e. The summed E-state index contributed by atoms with van der Waals surface area (Å²) in [4.78, 5) is 26.3. The first-order valence-electron chi connectivity index (χ1n) is 10.2. The number of anilines is 1. The summed E-state index contributed by atoms with van der Waals surface area (Å²) in [5, 5.41) is 2.91. The van der Waals surface area contributed by atoms with Crippen molar-refractivity contribution in [2.75, 3.05) is 26.0 Å². The number of rotatable bonds is 8. The van der Waals surface area contributed by atoms with E-state index in [1.807, 2.05) is 68.4 Å². The van der Waals surface area contributed by atoms with E-state index in [9.17, 15) is 9.59 Å². The number of para-hydroxylation sites is 1. The number of amides is 2. The van der Waals surface area contributed by atoms with Crippen molar-refractivity contribution in [1.82, 2.24) is 4.90 Å². The van der Waals surface area contributed by atoms with Crippen LogP contribution in [0.4, 0.5) is 5.69 Å². The average Bonchev–Trinajstić information content (AvgIpc) is 3.23. The molecule has 0 aliphatic heterocycles. The number of carbonyl (C=O) groups excluding carboxylic acids is 2. The Hall–Kier alpha value is -3.54. The first kappa shape index (κ1) is 22.2. The zero-order valence-electron chi connectivity index (χ0n) is 18.4. The number of benzene rings is 2. The van der Waals surface area contributed by atoms with Crippen LogP contribution in [0.2, 0.25) is 0 Å². The molecule has 2 aromatic carbocycles. The number of likely N-dealkylation sites (N-methyl/N-ethyl adjacent to an activating group) is 1. The number of ether oxygens (including phenoxy) is 1. The SMILES string of the molecule is COc1ccc(-c2ccc(CCC(=O)N(C)CC(=O)Nc3c(C)cccc3C)o2)cc1. The molecule has 0 atom stereocenters. The van der Waals surface area contributed by atoms with Crippen molar-refractivity contribution in [3.8, 4) is 17.1 Å². The van der Waals surface area contributed by atoms with Crippen LogP contribution in [0.5, 0.6) is 5.75 Å². The van der Waals surface area contributed by atoms with Crippen molar-refractivity contribution in [2.45, 2.75) is 26.7 Å². The van der Waals surface area contributed by atoms with Crippen molar-refractivity contribution in [1.29, 1.82) is 0 Å². The summed E-state index contributed by atoms with van der Waals surface area (Å²) in [6.45, 7) is 3.89. The van der Waals surface area contributed by atoms with Gasteiger partial charge in [-0.3, -0.25) is 9.59 Å². The standard InChI is InChI=1S/C25H28N2O4/c1-17-6-5-7-18(2)25(17)26-23(28)16-27(3)24(29)15-13-21-12-14-22(31-21)19-8-10-20(30-4)11-9-19/h5-12,14H,13,15-16H2,1-4H3,(H,26,28). The summed E-state index contributed by atoms with van der Waals surface area (Å²) in [6, 6.07) is 17.2. The molecule has 3 aromatic rings. The highest BCUT2D eigenvalue weighted by Crippen LogP contribution is 2.25. The van der Waals surface area contributed by atoms with E-state index < -0.39 is 0 Å². The van der Waals surface area contributed by atoms with Gasteiger partial charge in [-0.05, 0) is 61.4 Å². The lowest BCUT2D eigenvalue weighted by Crippen LogP contribution is -2.35. The number of nitrogens with zero attached hydrogens (tertiary/aromatic N) is 1. The maximum Gasteiger partial charge on any atom is 0.243 e. The first-order valence-corrected chi connectivity index (χ1v) is 10.2. The molecule has 6 nitrogen and oxygen atoms in total. The fourth-order valence-corrected chi connectivity index (χ4v) is 3.34. The molecule has 2 amide bonds. The van der Waals surface area contributed by atoms with E-state index in [2.05, 4.69) is 5.32 Å². The van der Waals surface area contributed by atoms with Crippen LogP contribution in [-0.2, 0) is 16.0 Å². The number of hydrogen-bond acceptors (Lipinski definition) is 4. The number of furan rings is 1. The van der Waals surface area contributed by atoms with Gasteiger partial charge in [0.05, 0.1) is 13.7 Å². The molecule has 0 fully saturated rings. The Kier molecular flexibility index (Phi) is 7.13. The lowest BCUT2D eigenvalue weighted by Gasteiger charge is -2.18. The molecule has 31 heavy (non-hydrogen) atoms. The van der Waals surface area contributed by atoms with Crippen molar-refractivity contribution in [3.63, 3.8) is 0 Å². The van der Waals surface area contributed by atoms with Gasteiger partial charge in [0, 0.05) is 31.1 Å². The highest BCUT2D eigenvalue weighted by molar-refractivity contribution is 5.95. The van der Waals surface area contributed by atoms with E-state index in [1.54, 1.807) is 14.2 Å². The smallest absolute Gasteiger partial charge is 0.243 e. The number of hydrogen-bond donors (Lipinski definition) is 1. The van der Waals surface area contributed by atoms with Crippen LogP contribution in [0.3, 0.4) is 0 Å². The predicted octanol–water partition coefficient (Wildman–Crippen LogP) is 4.60. The lowest BCUT2D eigenvalue weighted by molar-refractivity contribution is -0.133. The van der Waals surface area contributed by atoms with E-state index >= 15 is 0 Å². The monoisotopic (exact) mass is 420 g/mol. The Morgan fingerprint density at radius 3 is 2.32 bits per heavy atom. The minimum absolute atomic E-state index is 0.00185. The summed E-state index contributed by atoms with van der Waals surface area (Å²) < 4.78 is 11.0. The van der Waals surface area contributed by atoms with Crippen molar-refractivity contribution >= 4 is 17.5 Å². The van der Waals surface area contributed by atoms with Crippen molar-refractivity contribution in [2.24, 2.45) is 0 Å². The van der Waals surface area contributed by atoms with Gasteiger partial charge in [0.25, 0.3) is 0 Å². The average molecular weight is 421 g/mol. The van der Waals surface area contributed by atoms with E-state index in [1.165, 1.54) is 4.90 Å². The summed E-state index contributed by atoms with van der Waals surface area (Å²) in [5.41, 5.74) is 3.73. The Bertz CT molecular complexity index is 1030. The van der Waals surface area contributed by atoms with E-state index in [0.29, 0.717) is 6.42 Å². The minimum atomic E-state index is -0.215. The van der Waals surface area contributed by atoms with Crippen LogP contribution in [-0.4, -0.2) is 37.4 Å². The molecule has 1 heterocycles. The normalized spacial score (nSPS) is 10.6. The van der Waals surface area contributed by atoms with Crippen LogP contribution < -0.4 is 10.1 Å². The van der Waals surface area contributed by atoms with Gasteiger partial charge in [0.1, 0.15) is 17.3 Å². The van der Waals surface area contributed by atoms with Gasteiger partial charge >= 0.3 is 0 Å². The topological polar surface area (TPSA) is 71.8 Å². The third-order valence-corrected chi connectivity index (χ3v) is 5.17. The van der Waals surface area contributed by atoms with E-state index in [0.717, 1.165) is 39.6 Å². The van der Waals surface area contributed by atoms with Crippen LogP contribution in [0.25, 0.3) is 11.3 Å². The van der Waals surface area contributed by atoms with Crippen molar-refractivity contribution in [3.05, 3.63) is 71.5 Å². The zero-order chi connectivity index (χ0) is 22.4. The van der Waals surface area contributed by atoms with Gasteiger partial charge in [0.2, 0.25) is 11.8 Å². The number of carbonyl (C=O) groups is 2. The summed E-state index contributed by atoms with van der Waals surface area (Å²) in [5.74, 6) is 1.93. The summed E-state index contributed by atoms with van der Waals surface area (Å²) in [7, 11) is 3.26. The second kappa shape index (κ2) is 9.98. The molecule has 0 saturated heterocycles. The third kappa shape index (κ3) is 5.75. The molecular weight excluding hydrogens is 392 g/mol. The molecule has 3 rings (SSSR count). The van der Waals surface area contributed by atoms with Gasteiger partial charge in [-0.25, -0.2) is 0 Å². The van der Waals surface area contributed by atoms with Gasteiger partial charge in [-0.15, -0.1) is 0 Å². The predicted molar refractivity (Wildman–Crippen MR) is 121 cm³/mol. The largest absolute Gasteiger partial charge is 0.497 e. The van der Waals surface area contributed by atoms with Crippen LogP contribution in [0.1, 0.15) is 23.3 Å². The Labute approximate surface area is 182 Å². The molecule has 1 aromatic heterocycles. The molecule has 0 spiro atoms. The Balaban J connectivity index is 1.51. The van der Waals surface area contributed by atoms with Gasteiger partial charge in [-0.1, -0.05) is 18.2 Å². The Morgan fingerprint density at radius 2 is 1.68 bits per heavy atom. The quantitative estimate of drug-likeness (QED) is 0.578. The maximum atomic E-state index is 12.5. The van der Waals surface area contributed by atoms with Crippen LogP contribution in [0, 0.1) is 13.8 Å². The van der Waals surface area contributed by atoms with E-state index in [4.69, 9.17) is 9.15 Å². The maximum absolute atomic E-state index is 12.5. The molecule has 1 N–H and O–H groups in total.